The Hall–Kier alpha value is -7.44. The third-order valence-corrected chi connectivity index (χ3v) is 7.20. The minimum atomic E-state index is -0.397. The average molecular weight is 746 g/mol. The number of hydrogen-bond acceptors (Lipinski definition) is 16. The molecule has 0 atom stereocenters. The highest BCUT2D eigenvalue weighted by Gasteiger charge is 2.16. The summed E-state index contributed by atoms with van der Waals surface area (Å²) in [4.78, 5) is 36.8. The van der Waals surface area contributed by atoms with E-state index in [1.165, 1.54) is 9.36 Å². The molecule has 0 radical (unpaired) electrons. The molecular formula is C36H39N15O4. The fourth-order valence-electron chi connectivity index (χ4n) is 4.51. The number of aromatic nitrogens is 10. The Morgan fingerprint density at radius 1 is 0.691 bits per heavy atom. The Kier molecular flexibility index (Phi) is 14.1. The molecule has 0 spiro atoms. The first-order valence-electron chi connectivity index (χ1n) is 16.9. The standard InChI is InChI=1S/C21H24N8O3.C15H15N7O/c1-4-13-31-25-15(2)21(30)23-18-12-8-11-17(22-18)14-32-26-19(16-9-6-5-7-10-16)20-24-27-28-29(20)3;1-22-15(18-20-21-22)14(11-6-3-2-4-7-11)19-23-10-12-8-5-9-13(16)17-12/h5-12H,4,13-14H2,1-3H3,(H,22,23,30);2-9H,10H2,1H3,(H2,16,17)/b25-15?,26-19-;19-14-. The topological polar surface area (TPSA) is 233 Å². The van der Waals surface area contributed by atoms with E-state index >= 15 is 0 Å². The van der Waals surface area contributed by atoms with E-state index in [0.29, 0.717) is 52.7 Å². The van der Waals surface area contributed by atoms with Crippen LogP contribution in [0.1, 0.15) is 54.4 Å². The number of carbonyl (C=O) groups is 1. The van der Waals surface area contributed by atoms with Crippen molar-refractivity contribution < 1.29 is 19.3 Å². The Morgan fingerprint density at radius 3 is 1.71 bits per heavy atom. The first-order valence-corrected chi connectivity index (χ1v) is 16.9. The number of nitrogens with one attached hydrogen (secondary N) is 1. The maximum absolute atomic E-state index is 12.2. The molecule has 0 saturated heterocycles. The fraction of sp³-hybridized carbons (Fsp3) is 0.222. The lowest BCUT2D eigenvalue weighted by Gasteiger charge is -2.07. The number of oxime groups is 3. The summed E-state index contributed by atoms with van der Waals surface area (Å²) in [5.74, 6) is 1.38. The highest BCUT2D eigenvalue weighted by Crippen LogP contribution is 2.12. The molecule has 55 heavy (non-hydrogen) atoms. The van der Waals surface area contributed by atoms with Crippen LogP contribution >= 0.6 is 0 Å². The molecule has 0 saturated carbocycles. The molecule has 0 bridgehead atoms. The molecule has 19 nitrogen and oxygen atoms in total. The summed E-state index contributed by atoms with van der Waals surface area (Å²) in [6.45, 7) is 4.26. The molecule has 0 unspecified atom stereocenters. The molecule has 282 valence electrons. The van der Waals surface area contributed by atoms with Gasteiger partial charge in [0.25, 0.3) is 5.91 Å². The van der Waals surface area contributed by atoms with E-state index < -0.39 is 5.91 Å². The number of amides is 1. The van der Waals surface area contributed by atoms with Gasteiger partial charge in [-0.2, -0.15) is 0 Å². The van der Waals surface area contributed by atoms with Crippen LogP contribution in [0.4, 0.5) is 11.6 Å². The van der Waals surface area contributed by atoms with Gasteiger partial charge in [0, 0.05) is 25.2 Å². The van der Waals surface area contributed by atoms with E-state index in [1.54, 1.807) is 45.3 Å². The second-order valence-corrected chi connectivity index (χ2v) is 11.4. The van der Waals surface area contributed by atoms with Crippen LogP contribution in [0.5, 0.6) is 0 Å². The van der Waals surface area contributed by atoms with Gasteiger partial charge in [0.1, 0.15) is 24.0 Å². The second kappa shape index (κ2) is 20.0. The molecule has 3 N–H and O–H groups in total. The molecule has 0 fully saturated rings. The molecule has 0 aliphatic rings. The number of benzene rings is 2. The maximum atomic E-state index is 12.2. The Morgan fingerprint density at radius 2 is 1.22 bits per heavy atom. The summed E-state index contributed by atoms with van der Waals surface area (Å²) in [6.07, 6.45) is 0.809. The molecular weight excluding hydrogens is 706 g/mol. The van der Waals surface area contributed by atoms with E-state index in [4.69, 9.17) is 20.2 Å². The predicted molar refractivity (Wildman–Crippen MR) is 202 cm³/mol. The van der Waals surface area contributed by atoms with Crippen LogP contribution in [0.25, 0.3) is 0 Å². The van der Waals surface area contributed by atoms with Gasteiger partial charge in [-0.25, -0.2) is 19.3 Å². The number of nitrogen functional groups attached to an aromatic ring is 1. The summed E-state index contributed by atoms with van der Waals surface area (Å²) in [5, 5.41) is 37.9. The van der Waals surface area contributed by atoms with Crippen molar-refractivity contribution in [3.8, 4) is 0 Å². The van der Waals surface area contributed by atoms with E-state index in [2.05, 4.69) is 61.8 Å². The van der Waals surface area contributed by atoms with Gasteiger partial charge in [-0.15, -0.1) is 10.2 Å². The van der Waals surface area contributed by atoms with Crippen LogP contribution in [0, 0.1) is 0 Å². The van der Waals surface area contributed by atoms with Crippen molar-refractivity contribution in [3.63, 3.8) is 0 Å². The van der Waals surface area contributed by atoms with E-state index in [9.17, 15) is 4.79 Å². The zero-order valence-corrected chi connectivity index (χ0v) is 30.6. The van der Waals surface area contributed by atoms with E-state index in [0.717, 1.165) is 17.5 Å². The smallest absolute Gasteiger partial charge is 0.274 e. The monoisotopic (exact) mass is 745 g/mol. The summed E-state index contributed by atoms with van der Waals surface area (Å²) >= 11 is 0. The molecule has 2 aromatic carbocycles. The summed E-state index contributed by atoms with van der Waals surface area (Å²) in [6, 6.07) is 29.6. The predicted octanol–water partition coefficient (Wildman–Crippen LogP) is 3.47. The van der Waals surface area contributed by atoms with Crippen LogP contribution < -0.4 is 11.1 Å². The van der Waals surface area contributed by atoms with Crippen LogP contribution in [0.3, 0.4) is 0 Å². The van der Waals surface area contributed by atoms with Gasteiger partial charge in [-0.1, -0.05) is 95.2 Å². The summed E-state index contributed by atoms with van der Waals surface area (Å²) < 4.78 is 3.05. The number of nitrogens with zero attached hydrogens (tertiary/aromatic N) is 13. The van der Waals surface area contributed by atoms with Crippen LogP contribution in [0.15, 0.2) is 113 Å². The third-order valence-electron chi connectivity index (χ3n) is 7.20. The largest absolute Gasteiger partial charge is 0.395 e. The Balaban J connectivity index is 0.000000222. The average Bonchev–Trinajstić information content (AvgIpc) is 3.83. The molecule has 6 rings (SSSR count). The number of carbonyl (C=O) groups excluding carboxylic acids is 1. The zero-order valence-electron chi connectivity index (χ0n) is 30.6. The molecule has 6 aromatic rings. The van der Waals surface area contributed by atoms with Gasteiger partial charge in [-0.05, 0) is 58.5 Å². The lowest BCUT2D eigenvalue weighted by Crippen LogP contribution is -2.21. The normalized spacial score (nSPS) is 11.7. The molecule has 0 aliphatic carbocycles. The first-order chi connectivity index (χ1) is 26.8. The number of tetrazole rings is 2. The fourth-order valence-corrected chi connectivity index (χ4v) is 4.51. The van der Waals surface area contributed by atoms with Crippen LogP contribution in [-0.4, -0.2) is 80.0 Å². The quantitative estimate of drug-likeness (QED) is 0.0872. The highest BCUT2D eigenvalue weighted by molar-refractivity contribution is 6.41. The summed E-state index contributed by atoms with van der Waals surface area (Å²) in [7, 11) is 3.47. The van der Waals surface area contributed by atoms with Gasteiger partial charge in [0.15, 0.2) is 24.6 Å². The number of nitrogens with two attached hydrogens (primary N) is 1. The third kappa shape index (κ3) is 11.5. The highest BCUT2D eigenvalue weighted by atomic mass is 16.6. The van der Waals surface area contributed by atoms with Crippen LogP contribution in [-0.2, 0) is 46.6 Å². The van der Waals surface area contributed by atoms with Crippen molar-refractivity contribution in [2.75, 3.05) is 17.7 Å². The lowest BCUT2D eigenvalue weighted by atomic mass is 10.1. The minimum Gasteiger partial charge on any atom is -0.395 e. The first kappa shape index (κ1) is 38.8. The van der Waals surface area contributed by atoms with Gasteiger partial charge in [-0.3, -0.25) is 4.79 Å². The molecule has 4 aromatic heterocycles. The number of aryl methyl sites for hydroxylation is 2. The Bertz CT molecular complexity index is 2220. The Labute approximate surface area is 315 Å². The van der Waals surface area contributed by atoms with Gasteiger partial charge < -0.3 is 25.6 Å². The number of hydrogen-bond donors (Lipinski definition) is 2. The minimum absolute atomic E-state index is 0.0814. The molecule has 1 amide bonds. The van der Waals surface area contributed by atoms with Gasteiger partial charge in [0.2, 0.25) is 11.6 Å². The van der Waals surface area contributed by atoms with E-state index in [-0.39, 0.29) is 18.9 Å². The summed E-state index contributed by atoms with van der Waals surface area (Å²) in [5.41, 5.74) is 9.81. The molecule has 0 aliphatic heterocycles. The van der Waals surface area contributed by atoms with Gasteiger partial charge >= 0.3 is 0 Å². The van der Waals surface area contributed by atoms with Gasteiger partial charge in [0.05, 0.1) is 11.4 Å². The number of rotatable bonds is 15. The molecule has 19 heteroatoms. The maximum Gasteiger partial charge on any atom is 0.274 e. The number of pyridine rings is 2. The van der Waals surface area contributed by atoms with E-state index in [1.807, 2.05) is 79.7 Å². The van der Waals surface area contributed by atoms with Crippen molar-refractivity contribution in [1.82, 2.24) is 50.4 Å². The lowest BCUT2D eigenvalue weighted by molar-refractivity contribution is -0.110. The van der Waals surface area contributed by atoms with Crippen molar-refractivity contribution >= 4 is 34.7 Å². The molecule has 4 heterocycles. The van der Waals surface area contributed by atoms with Crippen molar-refractivity contribution in [3.05, 3.63) is 131 Å². The number of anilines is 2. The zero-order chi connectivity index (χ0) is 38.8. The van der Waals surface area contributed by atoms with Crippen LogP contribution in [0.2, 0.25) is 0 Å². The SMILES string of the molecule is CCCON=C(C)C(=O)Nc1cccc(CO/N=C(/c2ccccc2)c2nnnn2C)n1.Cn1nnnc1/C(=N\OCc1cccc(N)n1)c1ccccc1. The van der Waals surface area contributed by atoms with Crippen molar-refractivity contribution in [2.24, 2.45) is 29.6 Å². The van der Waals surface area contributed by atoms with Crippen molar-refractivity contribution in [2.45, 2.75) is 33.5 Å². The van der Waals surface area contributed by atoms with Crippen molar-refractivity contribution in [1.29, 1.82) is 0 Å². The second-order valence-electron chi connectivity index (χ2n) is 11.4.